The van der Waals surface area contributed by atoms with Gasteiger partial charge in [0.2, 0.25) is 0 Å². The average molecular weight is 246 g/mol. The first-order chi connectivity index (χ1) is 8.22. The highest BCUT2D eigenvalue weighted by Gasteiger charge is 2.11. The Hall–Kier alpha value is -1.32. The average Bonchev–Trinajstić information content (AvgIpc) is 2.84. The molecule has 17 heavy (non-hydrogen) atoms. The van der Waals surface area contributed by atoms with Crippen LogP contribution in [0.25, 0.3) is 0 Å². The van der Waals surface area contributed by atoms with Crippen molar-refractivity contribution in [1.82, 2.24) is 5.32 Å². The van der Waals surface area contributed by atoms with Gasteiger partial charge in [0.05, 0.1) is 6.04 Å². The maximum absolute atomic E-state index is 3.36. The highest BCUT2D eigenvalue weighted by Crippen LogP contribution is 2.25. The summed E-state index contributed by atoms with van der Waals surface area (Å²) in [5.74, 6) is 0. The van der Waals surface area contributed by atoms with Gasteiger partial charge < -0.3 is 10.2 Å². The van der Waals surface area contributed by atoms with Crippen LogP contribution in [0.2, 0.25) is 0 Å². The molecule has 3 heteroatoms. The summed E-state index contributed by atoms with van der Waals surface area (Å²) in [4.78, 5) is 2.11. The van der Waals surface area contributed by atoms with E-state index in [4.69, 9.17) is 0 Å². The summed E-state index contributed by atoms with van der Waals surface area (Å²) in [7, 11) is 6.12. The molecular weight excluding hydrogens is 228 g/mol. The first kappa shape index (κ1) is 12.1. The van der Waals surface area contributed by atoms with E-state index >= 15 is 0 Å². The molecule has 1 unspecified atom stereocenters. The second-order valence-electron chi connectivity index (χ2n) is 4.26. The van der Waals surface area contributed by atoms with Gasteiger partial charge >= 0.3 is 0 Å². The standard InChI is InChI=1S/C14H18N2S/c1-15-14(12-8-9-17-10-12)11-4-6-13(7-5-11)16(2)3/h4-10,14-15H,1-3H3. The van der Waals surface area contributed by atoms with Crippen LogP contribution in [0.15, 0.2) is 41.1 Å². The van der Waals surface area contributed by atoms with Gasteiger partial charge in [-0.05, 0) is 47.1 Å². The third-order valence-corrected chi connectivity index (χ3v) is 3.61. The van der Waals surface area contributed by atoms with Gasteiger partial charge in [-0.1, -0.05) is 12.1 Å². The molecule has 0 amide bonds. The van der Waals surface area contributed by atoms with E-state index < -0.39 is 0 Å². The van der Waals surface area contributed by atoms with E-state index in [1.165, 1.54) is 16.8 Å². The maximum Gasteiger partial charge on any atom is 0.0582 e. The number of nitrogens with one attached hydrogen (secondary N) is 1. The molecule has 0 radical (unpaired) electrons. The third kappa shape index (κ3) is 2.68. The molecule has 0 aliphatic carbocycles. The summed E-state index contributed by atoms with van der Waals surface area (Å²) < 4.78 is 0. The summed E-state index contributed by atoms with van der Waals surface area (Å²) in [6.45, 7) is 0. The minimum Gasteiger partial charge on any atom is -0.378 e. The minimum absolute atomic E-state index is 0.289. The van der Waals surface area contributed by atoms with Gasteiger partial charge in [0.1, 0.15) is 0 Å². The number of anilines is 1. The lowest BCUT2D eigenvalue weighted by atomic mass is 10.0. The zero-order valence-corrected chi connectivity index (χ0v) is 11.3. The molecule has 90 valence electrons. The zero-order valence-electron chi connectivity index (χ0n) is 10.5. The second kappa shape index (κ2) is 5.34. The van der Waals surface area contributed by atoms with E-state index in [0.717, 1.165) is 0 Å². The number of benzene rings is 1. The molecule has 1 N–H and O–H groups in total. The summed E-state index contributed by atoms with van der Waals surface area (Å²) in [6.07, 6.45) is 0. The van der Waals surface area contributed by atoms with Crippen LogP contribution < -0.4 is 10.2 Å². The Kier molecular flexibility index (Phi) is 3.82. The van der Waals surface area contributed by atoms with E-state index in [1.807, 2.05) is 7.05 Å². The van der Waals surface area contributed by atoms with Gasteiger partial charge in [0, 0.05) is 19.8 Å². The van der Waals surface area contributed by atoms with E-state index in [0.29, 0.717) is 0 Å². The van der Waals surface area contributed by atoms with Crippen LogP contribution in [0.3, 0.4) is 0 Å². The fourth-order valence-electron chi connectivity index (χ4n) is 1.93. The summed E-state index contributed by atoms with van der Waals surface area (Å²) in [6, 6.07) is 11.2. The van der Waals surface area contributed by atoms with Gasteiger partial charge in [0.15, 0.2) is 0 Å². The molecule has 2 aromatic rings. The van der Waals surface area contributed by atoms with Crippen molar-refractivity contribution in [2.75, 3.05) is 26.0 Å². The van der Waals surface area contributed by atoms with Crippen molar-refractivity contribution in [3.8, 4) is 0 Å². The Morgan fingerprint density at radius 2 is 1.76 bits per heavy atom. The first-order valence-corrected chi connectivity index (χ1v) is 6.63. The number of rotatable bonds is 4. The zero-order chi connectivity index (χ0) is 12.3. The van der Waals surface area contributed by atoms with Crippen molar-refractivity contribution in [2.45, 2.75) is 6.04 Å². The van der Waals surface area contributed by atoms with E-state index in [-0.39, 0.29) is 6.04 Å². The Labute approximate surface area is 107 Å². The number of hydrogen-bond donors (Lipinski definition) is 1. The quantitative estimate of drug-likeness (QED) is 0.891. The maximum atomic E-state index is 3.36. The second-order valence-corrected chi connectivity index (χ2v) is 5.04. The lowest BCUT2D eigenvalue weighted by Gasteiger charge is -2.18. The SMILES string of the molecule is CNC(c1ccc(N(C)C)cc1)c1ccsc1. The molecular formula is C14H18N2S. The summed E-state index contributed by atoms with van der Waals surface area (Å²) in [5, 5.41) is 7.68. The monoisotopic (exact) mass is 246 g/mol. The van der Waals surface area contributed by atoms with Crippen molar-refractivity contribution in [2.24, 2.45) is 0 Å². The molecule has 2 nitrogen and oxygen atoms in total. The van der Waals surface area contributed by atoms with Gasteiger partial charge in [-0.3, -0.25) is 0 Å². The van der Waals surface area contributed by atoms with Crippen LogP contribution in [-0.2, 0) is 0 Å². The van der Waals surface area contributed by atoms with E-state index in [1.54, 1.807) is 11.3 Å². The lowest BCUT2D eigenvalue weighted by Crippen LogP contribution is -2.17. The largest absolute Gasteiger partial charge is 0.378 e. The molecule has 1 atom stereocenters. The van der Waals surface area contributed by atoms with Crippen LogP contribution >= 0.6 is 11.3 Å². The van der Waals surface area contributed by atoms with Crippen molar-refractivity contribution >= 4 is 17.0 Å². The molecule has 0 bridgehead atoms. The highest BCUT2D eigenvalue weighted by atomic mass is 32.1. The highest BCUT2D eigenvalue weighted by molar-refractivity contribution is 7.08. The Bertz CT molecular complexity index is 446. The van der Waals surface area contributed by atoms with Crippen LogP contribution in [0.5, 0.6) is 0 Å². The summed E-state index contributed by atoms with van der Waals surface area (Å²) in [5.41, 5.74) is 3.86. The Balaban J connectivity index is 2.26. The molecule has 0 spiro atoms. The molecule has 1 aromatic heterocycles. The molecule has 0 aliphatic heterocycles. The van der Waals surface area contributed by atoms with Crippen LogP contribution in [-0.4, -0.2) is 21.1 Å². The Morgan fingerprint density at radius 1 is 1.06 bits per heavy atom. The third-order valence-electron chi connectivity index (χ3n) is 2.91. The summed E-state index contributed by atoms with van der Waals surface area (Å²) >= 11 is 1.74. The van der Waals surface area contributed by atoms with Crippen LogP contribution in [0, 0.1) is 0 Å². The van der Waals surface area contributed by atoms with Gasteiger partial charge in [-0.15, -0.1) is 0 Å². The number of thiophene rings is 1. The number of hydrogen-bond acceptors (Lipinski definition) is 3. The van der Waals surface area contributed by atoms with Gasteiger partial charge in [-0.2, -0.15) is 11.3 Å². The van der Waals surface area contributed by atoms with Crippen molar-refractivity contribution < 1.29 is 0 Å². The van der Waals surface area contributed by atoms with Crippen molar-refractivity contribution in [3.05, 3.63) is 52.2 Å². The van der Waals surface area contributed by atoms with E-state index in [2.05, 4.69) is 65.4 Å². The number of nitrogens with zero attached hydrogens (tertiary/aromatic N) is 1. The molecule has 2 rings (SSSR count). The van der Waals surface area contributed by atoms with Crippen LogP contribution in [0.4, 0.5) is 5.69 Å². The van der Waals surface area contributed by atoms with E-state index in [9.17, 15) is 0 Å². The molecule has 1 heterocycles. The van der Waals surface area contributed by atoms with Gasteiger partial charge in [0.25, 0.3) is 0 Å². The van der Waals surface area contributed by atoms with Gasteiger partial charge in [-0.25, -0.2) is 0 Å². The molecule has 0 fully saturated rings. The fourth-order valence-corrected chi connectivity index (χ4v) is 2.62. The van der Waals surface area contributed by atoms with Crippen molar-refractivity contribution in [1.29, 1.82) is 0 Å². The Morgan fingerprint density at radius 3 is 2.24 bits per heavy atom. The first-order valence-electron chi connectivity index (χ1n) is 5.69. The van der Waals surface area contributed by atoms with Crippen LogP contribution in [0.1, 0.15) is 17.2 Å². The van der Waals surface area contributed by atoms with Crippen molar-refractivity contribution in [3.63, 3.8) is 0 Å². The topological polar surface area (TPSA) is 15.3 Å². The smallest absolute Gasteiger partial charge is 0.0582 e. The predicted molar refractivity (Wildman–Crippen MR) is 76.0 cm³/mol. The molecule has 0 aliphatic rings. The molecule has 0 saturated carbocycles. The normalized spacial score (nSPS) is 12.4. The lowest BCUT2D eigenvalue weighted by molar-refractivity contribution is 0.694. The molecule has 1 aromatic carbocycles. The minimum atomic E-state index is 0.289. The fraction of sp³-hybridized carbons (Fsp3) is 0.286. The molecule has 0 saturated heterocycles. The predicted octanol–water partition coefficient (Wildman–Crippen LogP) is 3.12.